The highest BCUT2D eigenvalue weighted by Crippen LogP contribution is 2.35. The van der Waals surface area contributed by atoms with Crippen LogP contribution >= 0.6 is 0 Å². The van der Waals surface area contributed by atoms with Crippen LogP contribution in [0.2, 0.25) is 0 Å². The standard InChI is InChI=1S/C30H33F6N5O4/c1-29(2,3)45-28(43)37-19(12-18-13-21(32)22(33)15-20(18)31)14-24(44-4)40-10-11-41-23(16-40)25(39-27(41)30(34,35)36)38-26(42)17-8-6-5-7-9-17/h5-9,13,15,19,24H,10-12,14,16H2,1-4H3,(H,37,43)(H,38,42)/t19-,24?/m1/s1. The molecule has 9 nitrogen and oxygen atoms in total. The largest absolute Gasteiger partial charge is 0.449 e. The van der Waals surface area contributed by atoms with E-state index in [1.807, 2.05) is 0 Å². The van der Waals surface area contributed by atoms with Crippen molar-refractivity contribution >= 4 is 17.8 Å². The Morgan fingerprint density at radius 2 is 1.67 bits per heavy atom. The zero-order valence-electron chi connectivity index (χ0n) is 25.0. The predicted octanol–water partition coefficient (Wildman–Crippen LogP) is 5.89. The number of hydrogen-bond acceptors (Lipinski definition) is 6. The second-order valence-electron chi connectivity index (χ2n) is 11.5. The molecule has 1 aliphatic heterocycles. The number of carbonyl (C=O) groups is 2. The molecule has 0 bridgehead atoms. The summed E-state index contributed by atoms with van der Waals surface area (Å²) in [6.07, 6.45) is -6.87. The van der Waals surface area contributed by atoms with Crippen molar-refractivity contribution in [3.05, 3.63) is 82.6 Å². The van der Waals surface area contributed by atoms with E-state index in [1.165, 1.54) is 19.2 Å². The van der Waals surface area contributed by atoms with Crippen molar-refractivity contribution in [1.29, 1.82) is 0 Å². The van der Waals surface area contributed by atoms with Crippen LogP contribution in [0.5, 0.6) is 0 Å². The van der Waals surface area contributed by atoms with E-state index in [4.69, 9.17) is 9.47 Å². The van der Waals surface area contributed by atoms with Gasteiger partial charge >= 0.3 is 12.3 Å². The zero-order chi connectivity index (χ0) is 33.1. The minimum absolute atomic E-state index is 0.0513. The third-order valence-electron chi connectivity index (χ3n) is 7.00. The summed E-state index contributed by atoms with van der Waals surface area (Å²) < 4.78 is 95.8. The smallest absolute Gasteiger partial charge is 0.444 e. The topological polar surface area (TPSA) is 97.7 Å². The highest BCUT2D eigenvalue weighted by Gasteiger charge is 2.41. The number of fused-ring (bicyclic) bond motifs is 1. The number of nitrogens with zero attached hydrogens (tertiary/aromatic N) is 3. The molecule has 0 aliphatic carbocycles. The molecule has 0 saturated heterocycles. The Hall–Kier alpha value is -4.11. The van der Waals surface area contributed by atoms with E-state index in [9.17, 15) is 35.9 Å². The average Bonchev–Trinajstić information content (AvgIpc) is 3.32. The third kappa shape index (κ3) is 8.54. The summed E-state index contributed by atoms with van der Waals surface area (Å²) in [6.45, 7) is 4.64. The Labute approximate surface area is 255 Å². The number of halogens is 6. The van der Waals surface area contributed by atoms with Crippen molar-refractivity contribution in [2.45, 2.75) is 70.7 Å². The van der Waals surface area contributed by atoms with Crippen LogP contribution < -0.4 is 10.6 Å². The summed E-state index contributed by atoms with van der Waals surface area (Å²) in [6, 6.07) is 8.06. The Morgan fingerprint density at radius 3 is 2.29 bits per heavy atom. The predicted molar refractivity (Wildman–Crippen MR) is 151 cm³/mol. The molecule has 2 heterocycles. The molecule has 2 amide bonds. The molecule has 3 aromatic rings. The maximum absolute atomic E-state index is 14.6. The fourth-order valence-corrected chi connectivity index (χ4v) is 5.01. The molecule has 244 valence electrons. The Kier molecular flexibility index (Phi) is 10.1. The monoisotopic (exact) mass is 641 g/mol. The quantitative estimate of drug-likeness (QED) is 0.224. The molecule has 1 aliphatic rings. The molecule has 1 unspecified atom stereocenters. The first-order valence-corrected chi connectivity index (χ1v) is 14.0. The maximum Gasteiger partial charge on any atom is 0.449 e. The number of alkyl carbamates (subject to hydrolysis) is 1. The summed E-state index contributed by atoms with van der Waals surface area (Å²) in [4.78, 5) is 30.9. The lowest BCUT2D eigenvalue weighted by Gasteiger charge is -2.36. The normalized spacial score (nSPS) is 15.2. The van der Waals surface area contributed by atoms with Gasteiger partial charge in [-0.1, -0.05) is 18.2 Å². The van der Waals surface area contributed by atoms with E-state index in [2.05, 4.69) is 15.6 Å². The van der Waals surface area contributed by atoms with Gasteiger partial charge < -0.3 is 24.7 Å². The van der Waals surface area contributed by atoms with E-state index in [0.717, 1.165) is 4.57 Å². The van der Waals surface area contributed by atoms with Gasteiger partial charge in [0.2, 0.25) is 5.82 Å². The van der Waals surface area contributed by atoms with Crippen LogP contribution in [0, 0.1) is 17.5 Å². The number of aromatic nitrogens is 2. The van der Waals surface area contributed by atoms with E-state index in [0.29, 0.717) is 12.1 Å². The van der Waals surface area contributed by atoms with Gasteiger partial charge in [0, 0.05) is 50.8 Å². The van der Waals surface area contributed by atoms with Gasteiger partial charge in [-0.15, -0.1) is 0 Å². The fraction of sp³-hybridized carbons (Fsp3) is 0.433. The van der Waals surface area contributed by atoms with Gasteiger partial charge in [0.1, 0.15) is 17.6 Å². The molecule has 45 heavy (non-hydrogen) atoms. The molecule has 2 atom stereocenters. The average molecular weight is 642 g/mol. The number of hydrogen-bond donors (Lipinski definition) is 2. The number of carbonyl (C=O) groups excluding carboxylic acids is 2. The Bertz CT molecular complexity index is 1520. The van der Waals surface area contributed by atoms with Gasteiger partial charge in [-0.2, -0.15) is 13.2 Å². The van der Waals surface area contributed by atoms with Crippen LogP contribution in [0.15, 0.2) is 42.5 Å². The maximum atomic E-state index is 14.6. The van der Waals surface area contributed by atoms with Crippen molar-refractivity contribution in [3.8, 4) is 0 Å². The second-order valence-corrected chi connectivity index (χ2v) is 11.5. The fourth-order valence-electron chi connectivity index (χ4n) is 5.01. The summed E-state index contributed by atoms with van der Waals surface area (Å²) >= 11 is 0. The van der Waals surface area contributed by atoms with Crippen molar-refractivity contribution in [1.82, 2.24) is 19.8 Å². The van der Waals surface area contributed by atoms with E-state index in [-0.39, 0.29) is 55.1 Å². The molecule has 2 N–H and O–H groups in total. The highest BCUT2D eigenvalue weighted by molar-refractivity contribution is 6.04. The summed E-state index contributed by atoms with van der Waals surface area (Å²) in [5.74, 6) is -5.78. The van der Waals surface area contributed by atoms with Gasteiger partial charge in [0.05, 0.1) is 5.69 Å². The van der Waals surface area contributed by atoms with E-state index < -0.39 is 59.3 Å². The van der Waals surface area contributed by atoms with Crippen LogP contribution in [0.4, 0.5) is 37.0 Å². The number of benzene rings is 2. The SMILES string of the molecule is COC(C[C@@H](Cc1cc(F)c(F)cc1F)NC(=O)OC(C)(C)C)N1CCn2c(C(F)(F)F)nc(NC(=O)c3ccccc3)c2C1. The number of amides is 2. The minimum Gasteiger partial charge on any atom is -0.444 e. The number of nitrogens with one attached hydrogen (secondary N) is 2. The molecule has 0 spiro atoms. The van der Waals surface area contributed by atoms with Crippen molar-refractivity contribution in [2.24, 2.45) is 0 Å². The van der Waals surface area contributed by atoms with Gasteiger partial charge in [-0.3, -0.25) is 9.69 Å². The first kappa shape index (κ1) is 33.8. The van der Waals surface area contributed by atoms with Crippen molar-refractivity contribution in [2.75, 3.05) is 19.0 Å². The number of alkyl halides is 3. The number of anilines is 1. The first-order valence-electron chi connectivity index (χ1n) is 14.0. The molecular weight excluding hydrogens is 608 g/mol. The summed E-state index contributed by atoms with van der Waals surface area (Å²) in [5.41, 5.74) is -0.814. The van der Waals surface area contributed by atoms with E-state index >= 15 is 0 Å². The molecule has 0 radical (unpaired) electrons. The molecule has 2 aromatic carbocycles. The lowest BCUT2D eigenvalue weighted by Crippen LogP contribution is -2.48. The van der Waals surface area contributed by atoms with Crippen LogP contribution in [-0.4, -0.2) is 58.0 Å². The van der Waals surface area contributed by atoms with Gasteiger partial charge in [0.25, 0.3) is 5.91 Å². The van der Waals surface area contributed by atoms with Crippen LogP contribution in [0.3, 0.4) is 0 Å². The van der Waals surface area contributed by atoms with Crippen LogP contribution in [0.1, 0.15) is 54.6 Å². The van der Waals surface area contributed by atoms with Crippen molar-refractivity contribution in [3.63, 3.8) is 0 Å². The Morgan fingerprint density at radius 1 is 1.00 bits per heavy atom. The first-order chi connectivity index (χ1) is 21.1. The molecule has 4 rings (SSSR count). The van der Waals surface area contributed by atoms with Gasteiger partial charge in [-0.05, 0) is 51.0 Å². The zero-order valence-corrected chi connectivity index (χ0v) is 25.0. The number of ether oxygens (including phenoxy) is 2. The van der Waals surface area contributed by atoms with E-state index in [1.54, 1.807) is 43.9 Å². The third-order valence-corrected chi connectivity index (χ3v) is 7.00. The lowest BCUT2D eigenvalue weighted by atomic mass is 10.0. The Balaban J connectivity index is 1.61. The number of methoxy groups -OCH3 is 1. The summed E-state index contributed by atoms with van der Waals surface area (Å²) in [5, 5.41) is 5.09. The van der Waals surface area contributed by atoms with Gasteiger partial charge in [-0.25, -0.2) is 22.9 Å². The molecular formula is C30H33F6N5O4. The molecule has 15 heteroatoms. The van der Waals surface area contributed by atoms with Crippen LogP contribution in [0.25, 0.3) is 0 Å². The second kappa shape index (κ2) is 13.5. The molecule has 0 fully saturated rings. The molecule has 0 saturated carbocycles. The summed E-state index contributed by atoms with van der Waals surface area (Å²) in [7, 11) is 1.35. The minimum atomic E-state index is -4.80. The highest BCUT2D eigenvalue weighted by atomic mass is 19.4. The number of rotatable bonds is 9. The van der Waals surface area contributed by atoms with Crippen LogP contribution in [-0.2, 0) is 35.2 Å². The number of imidazole rings is 1. The lowest BCUT2D eigenvalue weighted by molar-refractivity contribution is -0.148. The van der Waals surface area contributed by atoms with Gasteiger partial charge in [0.15, 0.2) is 17.5 Å². The molecule has 1 aromatic heterocycles. The van der Waals surface area contributed by atoms with Crippen molar-refractivity contribution < 1.29 is 45.4 Å².